The molecule has 0 fully saturated rings. The summed E-state index contributed by atoms with van der Waals surface area (Å²) in [6.07, 6.45) is -4.62. The monoisotopic (exact) mass is 420 g/mol. The number of hydrogen-bond donors (Lipinski definition) is 2. The zero-order chi connectivity index (χ0) is 21.2. The van der Waals surface area contributed by atoms with E-state index in [0.29, 0.717) is 10.9 Å². The van der Waals surface area contributed by atoms with Crippen molar-refractivity contribution in [3.05, 3.63) is 65.7 Å². The number of alkyl halides is 3. The van der Waals surface area contributed by atoms with E-state index >= 15 is 0 Å². The fourth-order valence-corrected chi connectivity index (χ4v) is 3.46. The molecule has 5 nitrogen and oxygen atoms in total. The largest absolute Gasteiger partial charge is 0.480 e. The van der Waals surface area contributed by atoms with Crippen LogP contribution in [0.25, 0.3) is 10.9 Å². The SMILES string of the molecule is C[C@@H](Sc1cc(C(=O)Nc2ccccc2C(F)(F)F)c2ccccc2n1)C(=O)O. The fraction of sp³-hybridized carbons (Fsp3) is 0.150. The van der Waals surface area contributed by atoms with Crippen LogP contribution in [0.1, 0.15) is 22.8 Å². The zero-order valence-electron chi connectivity index (χ0n) is 15.0. The molecule has 2 N–H and O–H groups in total. The first-order valence-corrected chi connectivity index (χ1v) is 9.31. The van der Waals surface area contributed by atoms with Crippen LogP contribution in [0, 0.1) is 0 Å². The molecule has 0 aliphatic heterocycles. The summed E-state index contributed by atoms with van der Waals surface area (Å²) in [4.78, 5) is 28.3. The molecule has 2 aromatic carbocycles. The highest BCUT2D eigenvalue weighted by Crippen LogP contribution is 2.35. The Bertz CT molecular complexity index is 1090. The molecule has 0 aliphatic carbocycles. The van der Waals surface area contributed by atoms with Crippen molar-refractivity contribution in [2.75, 3.05) is 5.32 Å². The van der Waals surface area contributed by atoms with Crippen molar-refractivity contribution >= 4 is 40.2 Å². The van der Waals surface area contributed by atoms with Crippen LogP contribution in [0.3, 0.4) is 0 Å². The first-order chi connectivity index (χ1) is 13.7. The van der Waals surface area contributed by atoms with Gasteiger partial charge < -0.3 is 10.4 Å². The number of pyridine rings is 1. The lowest BCUT2D eigenvalue weighted by Crippen LogP contribution is -2.17. The molecule has 9 heteroatoms. The van der Waals surface area contributed by atoms with Crippen molar-refractivity contribution in [3.63, 3.8) is 0 Å². The third-order valence-electron chi connectivity index (χ3n) is 4.06. The summed E-state index contributed by atoms with van der Waals surface area (Å²) in [7, 11) is 0. The minimum atomic E-state index is -4.62. The summed E-state index contributed by atoms with van der Waals surface area (Å²) >= 11 is 0.941. The van der Waals surface area contributed by atoms with Crippen LogP contribution in [0.15, 0.2) is 59.6 Å². The van der Waals surface area contributed by atoms with Crippen molar-refractivity contribution in [3.8, 4) is 0 Å². The minimum Gasteiger partial charge on any atom is -0.480 e. The van der Waals surface area contributed by atoms with Gasteiger partial charge in [0.2, 0.25) is 0 Å². The molecule has 1 atom stereocenters. The number of nitrogens with zero attached hydrogens (tertiary/aromatic N) is 1. The van der Waals surface area contributed by atoms with E-state index in [4.69, 9.17) is 5.11 Å². The molecular weight excluding hydrogens is 405 g/mol. The molecule has 3 rings (SSSR count). The van der Waals surface area contributed by atoms with Crippen LogP contribution in [0.4, 0.5) is 18.9 Å². The number of carbonyl (C=O) groups excluding carboxylic acids is 1. The summed E-state index contributed by atoms with van der Waals surface area (Å²) in [5.41, 5.74) is -0.781. The maximum absolute atomic E-state index is 13.2. The van der Waals surface area contributed by atoms with Gasteiger partial charge in [0.05, 0.1) is 27.4 Å². The Kier molecular flexibility index (Phi) is 5.78. The third kappa shape index (κ3) is 4.68. The second kappa shape index (κ2) is 8.12. The Morgan fingerprint density at radius 3 is 2.45 bits per heavy atom. The number of anilines is 1. The van der Waals surface area contributed by atoms with Gasteiger partial charge in [-0.15, -0.1) is 0 Å². The van der Waals surface area contributed by atoms with Gasteiger partial charge in [-0.25, -0.2) is 4.98 Å². The van der Waals surface area contributed by atoms with Crippen molar-refractivity contribution in [2.24, 2.45) is 0 Å². The van der Waals surface area contributed by atoms with E-state index in [1.807, 2.05) is 0 Å². The molecule has 0 bridgehead atoms. The third-order valence-corrected chi connectivity index (χ3v) is 5.07. The molecule has 1 heterocycles. The number of nitrogens with one attached hydrogen (secondary N) is 1. The molecule has 29 heavy (non-hydrogen) atoms. The number of rotatable bonds is 5. The number of carbonyl (C=O) groups is 2. The van der Waals surface area contributed by atoms with E-state index in [1.165, 1.54) is 31.2 Å². The number of halogens is 3. The lowest BCUT2D eigenvalue weighted by atomic mass is 10.1. The highest BCUT2D eigenvalue weighted by molar-refractivity contribution is 8.00. The molecule has 1 amide bonds. The van der Waals surface area contributed by atoms with E-state index < -0.39 is 28.9 Å². The van der Waals surface area contributed by atoms with Gasteiger partial charge in [-0.2, -0.15) is 13.2 Å². The molecule has 3 aromatic rings. The Morgan fingerprint density at radius 1 is 1.10 bits per heavy atom. The molecule has 150 valence electrons. The zero-order valence-corrected chi connectivity index (χ0v) is 15.8. The van der Waals surface area contributed by atoms with Crippen LogP contribution in [0.5, 0.6) is 0 Å². The van der Waals surface area contributed by atoms with E-state index in [0.717, 1.165) is 17.8 Å². The van der Waals surface area contributed by atoms with Gasteiger partial charge in [0.1, 0.15) is 5.25 Å². The molecule has 0 radical (unpaired) electrons. The Labute approximate surface area is 168 Å². The standard InChI is InChI=1S/C20H15F3N2O3S/c1-11(19(27)28)29-17-10-13(12-6-2-4-8-15(12)24-17)18(26)25-16-9-5-3-7-14(16)20(21,22)23/h2-11H,1H3,(H,25,26)(H,27,28)/t11-/m1/s1. The summed E-state index contributed by atoms with van der Waals surface area (Å²) in [5, 5.41) is 11.3. The van der Waals surface area contributed by atoms with E-state index in [-0.39, 0.29) is 16.3 Å². The predicted molar refractivity (Wildman–Crippen MR) is 104 cm³/mol. The number of carboxylic acids is 1. The van der Waals surface area contributed by atoms with Crippen molar-refractivity contribution in [1.29, 1.82) is 0 Å². The fourth-order valence-electron chi connectivity index (χ4n) is 2.66. The van der Waals surface area contributed by atoms with Gasteiger partial charge in [-0.1, -0.05) is 42.1 Å². The number of para-hydroxylation sites is 2. The van der Waals surface area contributed by atoms with Gasteiger partial charge in [-0.3, -0.25) is 9.59 Å². The topological polar surface area (TPSA) is 79.3 Å². The second-order valence-electron chi connectivity index (χ2n) is 6.12. The quantitative estimate of drug-likeness (QED) is 0.564. The van der Waals surface area contributed by atoms with Gasteiger partial charge in [0.15, 0.2) is 0 Å². The summed E-state index contributed by atoms with van der Waals surface area (Å²) in [5.74, 6) is -1.79. The molecular formula is C20H15F3N2O3S. The Balaban J connectivity index is 2.03. The van der Waals surface area contributed by atoms with Crippen LogP contribution in [-0.4, -0.2) is 27.2 Å². The normalized spacial score (nSPS) is 12.6. The smallest absolute Gasteiger partial charge is 0.418 e. The van der Waals surface area contributed by atoms with Gasteiger partial charge in [0, 0.05) is 5.39 Å². The van der Waals surface area contributed by atoms with Crippen LogP contribution in [0.2, 0.25) is 0 Å². The first-order valence-electron chi connectivity index (χ1n) is 8.43. The predicted octanol–water partition coefficient (Wildman–Crippen LogP) is 5.07. The molecule has 0 unspecified atom stereocenters. The second-order valence-corrected chi connectivity index (χ2v) is 7.48. The maximum Gasteiger partial charge on any atom is 0.418 e. The van der Waals surface area contributed by atoms with Gasteiger partial charge in [-0.05, 0) is 31.2 Å². The van der Waals surface area contributed by atoms with Crippen molar-refractivity contribution < 1.29 is 27.9 Å². The number of aliphatic carboxylic acids is 1. The lowest BCUT2D eigenvalue weighted by molar-refractivity contribution is -0.137. The minimum absolute atomic E-state index is 0.104. The Morgan fingerprint density at radius 2 is 1.76 bits per heavy atom. The molecule has 1 aromatic heterocycles. The van der Waals surface area contributed by atoms with Crippen LogP contribution >= 0.6 is 11.8 Å². The number of fused-ring (bicyclic) bond motifs is 1. The average molecular weight is 420 g/mol. The number of aromatic nitrogens is 1. The number of carboxylic acid groups (broad SMARTS) is 1. The number of amides is 1. The molecule has 0 aliphatic rings. The van der Waals surface area contributed by atoms with E-state index in [9.17, 15) is 22.8 Å². The molecule has 0 spiro atoms. The summed E-state index contributed by atoms with van der Waals surface area (Å²) in [6, 6.07) is 12.7. The van der Waals surface area contributed by atoms with Crippen LogP contribution in [-0.2, 0) is 11.0 Å². The number of thioether (sulfide) groups is 1. The summed E-state index contributed by atoms with van der Waals surface area (Å²) < 4.78 is 39.7. The van der Waals surface area contributed by atoms with E-state index in [1.54, 1.807) is 24.3 Å². The maximum atomic E-state index is 13.2. The van der Waals surface area contributed by atoms with Gasteiger partial charge in [0.25, 0.3) is 5.91 Å². The van der Waals surface area contributed by atoms with Crippen molar-refractivity contribution in [2.45, 2.75) is 23.4 Å². The average Bonchev–Trinajstić information content (AvgIpc) is 2.66. The Hall–Kier alpha value is -3.07. The highest BCUT2D eigenvalue weighted by atomic mass is 32.2. The number of hydrogen-bond acceptors (Lipinski definition) is 4. The van der Waals surface area contributed by atoms with Gasteiger partial charge >= 0.3 is 12.1 Å². The molecule has 0 saturated heterocycles. The lowest BCUT2D eigenvalue weighted by Gasteiger charge is -2.15. The molecule has 0 saturated carbocycles. The van der Waals surface area contributed by atoms with E-state index in [2.05, 4.69) is 10.3 Å². The van der Waals surface area contributed by atoms with Crippen molar-refractivity contribution in [1.82, 2.24) is 4.98 Å². The summed E-state index contributed by atoms with van der Waals surface area (Å²) in [6.45, 7) is 1.48. The highest BCUT2D eigenvalue weighted by Gasteiger charge is 2.33. The number of benzene rings is 2. The van der Waals surface area contributed by atoms with Crippen LogP contribution < -0.4 is 5.32 Å². The first kappa shape index (κ1) is 20.7.